The molecule has 8 bridgehead atoms. The van der Waals surface area contributed by atoms with Gasteiger partial charge >= 0.3 is 11.9 Å². The van der Waals surface area contributed by atoms with Crippen LogP contribution < -0.4 is 0 Å². The quantitative estimate of drug-likeness (QED) is 0.0900. The van der Waals surface area contributed by atoms with Gasteiger partial charge in [-0.2, -0.15) is 0 Å². The molecule has 0 spiro atoms. The Balaban J connectivity index is 1.51. The van der Waals surface area contributed by atoms with E-state index in [1.165, 1.54) is 26.0 Å². The number of rotatable bonds is 14. The maximum absolute atomic E-state index is 14.4. The van der Waals surface area contributed by atoms with Crippen molar-refractivity contribution in [2.45, 2.75) is 115 Å². The van der Waals surface area contributed by atoms with Crippen molar-refractivity contribution in [1.82, 2.24) is 24.8 Å². The molecule has 3 aliphatic rings. The van der Waals surface area contributed by atoms with E-state index >= 15 is 0 Å². The molecule has 7 atom stereocenters. The summed E-state index contributed by atoms with van der Waals surface area (Å²) < 4.78 is 16.0. The van der Waals surface area contributed by atoms with Crippen LogP contribution in [0.4, 0.5) is 0 Å². The molecule has 1 amide bonds. The monoisotopic (exact) mass is 877 g/mol. The summed E-state index contributed by atoms with van der Waals surface area (Å²) in [6.07, 6.45) is -3.98. The number of fused-ring (bicyclic) bond motifs is 8. The third-order valence-electron chi connectivity index (χ3n) is 12.6. The molecule has 5 unspecified atom stereocenters. The summed E-state index contributed by atoms with van der Waals surface area (Å²) in [6, 6.07) is 5.83. The number of H-pyrrole nitrogens is 2. The van der Waals surface area contributed by atoms with Gasteiger partial charge in [-0.25, -0.2) is 9.78 Å². The van der Waals surface area contributed by atoms with Crippen LogP contribution in [0.2, 0.25) is 0 Å². The number of aromatic nitrogens is 4. The second-order valence-electron chi connectivity index (χ2n) is 16.2. The Morgan fingerprint density at radius 3 is 2.21 bits per heavy atom. The number of allylic oxidation sites excluding steroid dienone is 1. The zero-order chi connectivity index (χ0) is 45.2. The molecule has 0 saturated carbocycles. The number of hydrogen-bond acceptors (Lipinski definition) is 14. The van der Waals surface area contributed by atoms with Crippen molar-refractivity contribution in [3.05, 3.63) is 68.8 Å². The van der Waals surface area contributed by atoms with Crippen molar-refractivity contribution in [3.63, 3.8) is 0 Å². The molecular formula is C45H59N5O11S. The lowest BCUT2D eigenvalue weighted by Crippen LogP contribution is -2.57. The fourth-order valence-electron chi connectivity index (χ4n) is 8.65. The van der Waals surface area contributed by atoms with Crippen molar-refractivity contribution >= 4 is 62.8 Å². The first-order chi connectivity index (χ1) is 29.6. The van der Waals surface area contributed by atoms with E-state index in [-0.39, 0.29) is 42.5 Å². The molecule has 1 fully saturated rings. The lowest BCUT2D eigenvalue weighted by molar-refractivity contribution is -0.205. The number of likely N-dealkylation sites (N-methyl/N-ethyl adjacent to an activating group) is 1. The summed E-state index contributed by atoms with van der Waals surface area (Å²) >= 11 is 1.20. The number of hydrogen-bond donors (Lipinski definition) is 7. The number of aliphatic hydroxyl groups excluding tert-OH is 5. The number of amides is 1. The van der Waals surface area contributed by atoms with Gasteiger partial charge in [0.1, 0.15) is 29.9 Å². The van der Waals surface area contributed by atoms with Crippen LogP contribution in [0.15, 0.2) is 18.2 Å². The summed E-state index contributed by atoms with van der Waals surface area (Å²) in [4.78, 5) is 59.9. The maximum Gasteiger partial charge on any atom is 0.340 e. The molecule has 0 aliphatic carbocycles. The molecule has 0 aromatic carbocycles. The zero-order valence-electron chi connectivity index (χ0n) is 36.6. The van der Waals surface area contributed by atoms with Crippen molar-refractivity contribution in [2.24, 2.45) is 0 Å². The van der Waals surface area contributed by atoms with E-state index in [1.54, 1.807) is 18.9 Å². The third-order valence-corrected chi connectivity index (χ3v) is 13.8. The predicted octanol–water partition coefficient (Wildman–Crippen LogP) is 3.85. The number of aromatic amines is 2. The lowest BCUT2D eigenvalue weighted by Gasteiger charge is -2.39. The molecular weight excluding hydrogens is 819 g/mol. The number of nitrogens with zero attached hydrogens (tertiary/aromatic N) is 3. The highest BCUT2D eigenvalue weighted by Gasteiger charge is 2.43. The molecule has 6 rings (SSSR count). The first-order valence-corrected chi connectivity index (χ1v) is 22.0. The van der Waals surface area contributed by atoms with Crippen LogP contribution in [0, 0.1) is 13.8 Å². The van der Waals surface area contributed by atoms with E-state index in [0.29, 0.717) is 59.8 Å². The van der Waals surface area contributed by atoms with Crippen molar-refractivity contribution in [3.8, 4) is 0 Å². The van der Waals surface area contributed by atoms with E-state index in [2.05, 4.69) is 16.9 Å². The van der Waals surface area contributed by atoms with Crippen molar-refractivity contribution < 1.29 is 54.1 Å². The molecule has 62 heavy (non-hydrogen) atoms. The Kier molecular flexibility index (Phi) is 15.0. The van der Waals surface area contributed by atoms with E-state index in [4.69, 9.17) is 24.2 Å². The molecule has 17 heteroatoms. The predicted molar refractivity (Wildman–Crippen MR) is 235 cm³/mol. The van der Waals surface area contributed by atoms with Gasteiger partial charge in [0.15, 0.2) is 0 Å². The summed E-state index contributed by atoms with van der Waals surface area (Å²) in [5.41, 5.74) is 9.02. The Morgan fingerprint density at radius 2 is 1.56 bits per heavy atom. The Morgan fingerprint density at radius 1 is 0.887 bits per heavy atom. The minimum Gasteiger partial charge on any atom is -0.469 e. The number of aryl methyl sites for hydroxylation is 3. The molecule has 3 aliphatic heterocycles. The van der Waals surface area contributed by atoms with Crippen molar-refractivity contribution in [2.75, 3.05) is 40.2 Å². The number of thioether (sulfide) groups is 1. The van der Waals surface area contributed by atoms with Crippen LogP contribution >= 0.6 is 11.8 Å². The Bertz CT molecular complexity index is 2390. The van der Waals surface area contributed by atoms with Gasteiger partial charge in [0.05, 0.1) is 56.5 Å². The molecule has 16 nitrogen and oxygen atoms in total. The molecule has 6 heterocycles. The largest absolute Gasteiger partial charge is 0.469 e. The molecule has 1 saturated heterocycles. The van der Waals surface area contributed by atoms with Gasteiger partial charge in [0, 0.05) is 70.7 Å². The standard InChI is InChI=1S/C45H59N5O11S/c1-9-25-21(2)30-17-34-28(19-51)23(4)29(47-34)16-31-22(3)26(11-12-37(54)59-7)39(48-31)27(40-38(44(58)60-8)24(5)32(49-40)18-33(25)46-30)15-36(53)50(6)13-10-14-62-45-43(57)42(56)41(55)35(20-52)61-45/h16-18,22,26,35,41-43,45-47,51-52,55-57H,9-15,19-20H2,1-8H3/t22-,26-,35?,41?,42?,43?,45?/m0/s1. The highest BCUT2D eigenvalue weighted by Crippen LogP contribution is 2.44. The average molecular weight is 878 g/mol. The molecule has 3 aromatic rings. The number of carbonyl (C=O) groups excluding carboxylic acids is 3. The summed E-state index contributed by atoms with van der Waals surface area (Å²) in [7, 11) is 4.30. The van der Waals surface area contributed by atoms with Gasteiger partial charge in [-0.3, -0.25) is 14.6 Å². The van der Waals surface area contributed by atoms with Crippen LogP contribution in [-0.2, 0) is 48.0 Å². The summed E-state index contributed by atoms with van der Waals surface area (Å²) in [5, 5.41) is 51.1. The minimum atomic E-state index is -1.48. The third kappa shape index (κ3) is 9.21. The molecule has 3 aromatic heterocycles. The van der Waals surface area contributed by atoms with Crippen LogP contribution in [0.25, 0.3) is 33.2 Å². The topological polar surface area (TPSA) is 241 Å². The van der Waals surface area contributed by atoms with Crippen LogP contribution in [0.5, 0.6) is 0 Å². The van der Waals surface area contributed by atoms with E-state index in [0.717, 1.165) is 44.3 Å². The van der Waals surface area contributed by atoms with Gasteiger partial charge in [0.2, 0.25) is 5.91 Å². The number of esters is 2. The van der Waals surface area contributed by atoms with Crippen LogP contribution in [0.3, 0.4) is 0 Å². The fourth-order valence-corrected chi connectivity index (χ4v) is 9.76. The highest BCUT2D eigenvalue weighted by molar-refractivity contribution is 7.99. The number of methoxy groups -OCH3 is 2. The maximum atomic E-state index is 14.4. The Hall–Kier alpha value is -4.62. The first kappa shape index (κ1) is 46.9. The minimum absolute atomic E-state index is 0.0742. The summed E-state index contributed by atoms with van der Waals surface area (Å²) in [6.45, 7) is 9.41. The van der Waals surface area contributed by atoms with Crippen LogP contribution in [0.1, 0.15) is 102 Å². The molecule has 336 valence electrons. The number of nitrogens with one attached hydrogen (secondary N) is 2. The highest BCUT2D eigenvalue weighted by atomic mass is 32.2. The second kappa shape index (κ2) is 19.8. The lowest BCUT2D eigenvalue weighted by atomic mass is 9.84. The van der Waals surface area contributed by atoms with E-state index in [1.807, 2.05) is 39.0 Å². The Labute approximate surface area is 364 Å². The second-order valence-corrected chi connectivity index (χ2v) is 17.4. The number of ether oxygens (including phenoxy) is 3. The summed E-state index contributed by atoms with van der Waals surface area (Å²) in [5.74, 6) is -1.57. The molecule has 0 radical (unpaired) electrons. The van der Waals surface area contributed by atoms with E-state index in [9.17, 15) is 39.9 Å². The van der Waals surface area contributed by atoms with Crippen molar-refractivity contribution in [1.29, 1.82) is 0 Å². The van der Waals surface area contributed by atoms with Gasteiger partial charge < -0.3 is 54.6 Å². The molecule has 7 N–H and O–H groups in total. The smallest absolute Gasteiger partial charge is 0.340 e. The number of carbonyl (C=O) groups is 3. The average Bonchev–Trinajstić information content (AvgIpc) is 3.95. The van der Waals surface area contributed by atoms with Gasteiger partial charge in [-0.1, -0.05) is 13.8 Å². The van der Waals surface area contributed by atoms with E-state index < -0.39 is 54.3 Å². The fraction of sp³-hybridized carbons (Fsp3) is 0.533. The first-order valence-electron chi connectivity index (χ1n) is 21.0. The normalized spacial score (nSPS) is 22.5. The van der Waals surface area contributed by atoms with Gasteiger partial charge in [-0.05, 0) is 86.2 Å². The zero-order valence-corrected chi connectivity index (χ0v) is 37.4. The van der Waals surface area contributed by atoms with Gasteiger partial charge in [0.25, 0.3) is 0 Å². The van der Waals surface area contributed by atoms with Crippen LogP contribution in [-0.4, -0.2) is 138 Å². The number of aliphatic hydroxyl groups is 5. The van der Waals surface area contributed by atoms with Gasteiger partial charge in [-0.15, -0.1) is 11.8 Å². The SMILES string of the molecule is CCc1c(C)c2cc3[nH]c(cc4nc(c(CC(=O)N(C)CCCSC5OC(CO)C(O)C(O)C5O)c5nc(cc1[nH]2)C(C)=C5C(=O)OC)[C@@H](CCC(=O)OC)[C@@H]4C)c(C)c3CO.